The maximum atomic E-state index is 10.8. The summed E-state index contributed by atoms with van der Waals surface area (Å²) in [5.41, 5.74) is 1.69. The highest BCUT2D eigenvalue weighted by molar-refractivity contribution is 5.84. The minimum absolute atomic E-state index is 0.0805. The summed E-state index contributed by atoms with van der Waals surface area (Å²) < 4.78 is 4.66. The van der Waals surface area contributed by atoms with E-state index in [9.17, 15) is 4.79 Å². The Labute approximate surface area is 71.2 Å². The SMILES string of the molecule is CCOC(=O)CC(C)C(=N)NO. The Morgan fingerprint density at radius 3 is 2.75 bits per heavy atom. The van der Waals surface area contributed by atoms with Gasteiger partial charge in [0.25, 0.3) is 0 Å². The van der Waals surface area contributed by atoms with Crippen molar-refractivity contribution >= 4 is 11.8 Å². The van der Waals surface area contributed by atoms with Crippen molar-refractivity contribution in [3.8, 4) is 0 Å². The molecular formula is C7H14N2O3. The van der Waals surface area contributed by atoms with Gasteiger partial charge in [-0.15, -0.1) is 0 Å². The number of hydrogen-bond acceptors (Lipinski definition) is 4. The van der Waals surface area contributed by atoms with Crippen LogP contribution in [0.5, 0.6) is 0 Å². The summed E-state index contributed by atoms with van der Waals surface area (Å²) >= 11 is 0. The van der Waals surface area contributed by atoms with Crippen molar-refractivity contribution in [1.29, 1.82) is 5.41 Å². The summed E-state index contributed by atoms with van der Waals surface area (Å²) in [5, 5.41) is 15.4. The van der Waals surface area contributed by atoms with Crippen molar-refractivity contribution in [1.82, 2.24) is 5.48 Å². The molecular weight excluding hydrogens is 160 g/mol. The van der Waals surface area contributed by atoms with Crippen LogP contribution in [0, 0.1) is 11.3 Å². The molecule has 12 heavy (non-hydrogen) atoms. The number of nitrogens with one attached hydrogen (secondary N) is 2. The van der Waals surface area contributed by atoms with E-state index in [-0.39, 0.29) is 24.1 Å². The first kappa shape index (κ1) is 10.9. The van der Waals surface area contributed by atoms with Gasteiger partial charge in [-0.05, 0) is 6.92 Å². The Kier molecular flexibility index (Phi) is 5.03. The lowest BCUT2D eigenvalue weighted by atomic mass is 10.1. The zero-order chi connectivity index (χ0) is 9.56. The summed E-state index contributed by atoms with van der Waals surface area (Å²) in [4.78, 5) is 10.8. The van der Waals surface area contributed by atoms with Crippen molar-refractivity contribution < 1.29 is 14.7 Å². The van der Waals surface area contributed by atoms with Gasteiger partial charge in [-0.25, -0.2) is 0 Å². The molecule has 0 bridgehead atoms. The second-order valence-electron chi connectivity index (χ2n) is 2.44. The van der Waals surface area contributed by atoms with Gasteiger partial charge in [0, 0.05) is 5.92 Å². The topological polar surface area (TPSA) is 82.4 Å². The number of carbonyl (C=O) groups excluding carboxylic acids is 1. The van der Waals surface area contributed by atoms with Crippen LogP contribution in [0.3, 0.4) is 0 Å². The molecule has 0 aromatic rings. The first-order valence-corrected chi connectivity index (χ1v) is 3.76. The van der Waals surface area contributed by atoms with E-state index in [1.54, 1.807) is 19.3 Å². The van der Waals surface area contributed by atoms with Gasteiger partial charge in [0.15, 0.2) is 0 Å². The maximum Gasteiger partial charge on any atom is 0.306 e. The number of amidine groups is 1. The minimum Gasteiger partial charge on any atom is -0.466 e. The molecule has 3 N–H and O–H groups in total. The Morgan fingerprint density at radius 2 is 2.33 bits per heavy atom. The average molecular weight is 174 g/mol. The van der Waals surface area contributed by atoms with Gasteiger partial charge in [0.1, 0.15) is 5.84 Å². The fourth-order valence-corrected chi connectivity index (χ4v) is 0.682. The van der Waals surface area contributed by atoms with Gasteiger partial charge in [0.05, 0.1) is 13.0 Å². The van der Waals surface area contributed by atoms with Crippen LogP contribution < -0.4 is 5.48 Å². The third kappa shape index (κ3) is 3.92. The zero-order valence-electron chi connectivity index (χ0n) is 7.26. The van der Waals surface area contributed by atoms with Crippen molar-refractivity contribution in [2.24, 2.45) is 5.92 Å². The standard InChI is InChI=1S/C7H14N2O3/c1-3-12-6(10)4-5(2)7(8)9-11/h5,11H,3-4H2,1-2H3,(H2,8,9). The fourth-order valence-electron chi connectivity index (χ4n) is 0.682. The van der Waals surface area contributed by atoms with Crippen molar-refractivity contribution in [3.63, 3.8) is 0 Å². The molecule has 0 aromatic heterocycles. The molecule has 0 aliphatic heterocycles. The molecule has 0 aliphatic carbocycles. The van der Waals surface area contributed by atoms with Crippen LogP contribution >= 0.6 is 0 Å². The number of ether oxygens (including phenoxy) is 1. The second-order valence-corrected chi connectivity index (χ2v) is 2.44. The Bertz CT molecular complexity index is 170. The van der Waals surface area contributed by atoms with E-state index < -0.39 is 0 Å². The molecule has 1 atom stereocenters. The molecule has 0 aromatic carbocycles. The third-order valence-electron chi connectivity index (χ3n) is 1.39. The third-order valence-corrected chi connectivity index (χ3v) is 1.39. The molecule has 0 fully saturated rings. The highest BCUT2D eigenvalue weighted by atomic mass is 16.5. The monoisotopic (exact) mass is 174 g/mol. The van der Waals surface area contributed by atoms with Crippen LogP contribution in [0.25, 0.3) is 0 Å². The van der Waals surface area contributed by atoms with Crippen molar-refractivity contribution in [3.05, 3.63) is 0 Å². The molecule has 5 nitrogen and oxygen atoms in total. The summed E-state index contributed by atoms with van der Waals surface area (Å²) in [6.07, 6.45) is 0.111. The molecule has 0 aliphatic rings. The Hall–Kier alpha value is -1.10. The fraction of sp³-hybridized carbons (Fsp3) is 0.714. The van der Waals surface area contributed by atoms with Crippen LogP contribution in [-0.4, -0.2) is 23.6 Å². The first-order chi connectivity index (χ1) is 5.61. The van der Waals surface area contributed by atoms with Crippen LogP contribution in [0.15, 0.2) is 0 Å². The highest BCUT2D eigenvalue weighted by Crippen LogP contribution is 2.02. The van der Waals surface area contributed by atoms with E-state index in [0.29, 0.717) is 6.61 Å². The van der Waals surface area contributed by atoms with Gasteiger partial charge in [0.2, 0.25) is 0 Å². The smallest absolute Gasteiger partial charge is 0.306 e. The summed E-state index contributed by atoms with van der Waals surface area (Å²) in [6.45, 7) is 3.71. The lowest BCUT2D eigenvalue weighted by molar-refractivity contribution is -0.143. The van der Waals surface area contributed by atoms with E-state index in [4.69, 9.17) is 10.6 Å². The molecule has 0 heterocycles. The van der Waals surface area contributed by atoms with Crippen molar-refractivity contribution in [2.75, 3.05) is 6.61 Å². The normalized spacial score (nSPS) is 11.9. The largest absolute Gasteiger partial charge is 0.466 e. The van der Waals surface area contributed by atoms with Crippen LogP contribution in [0.1, 0.15) is 20.3 Å². The summed E-state index contributed by atoms with van der Waals surface area (Å²) in [5.74, 6) is -0.776. The number of esters is 1. The predicted octanol–water partition coefficient (Wildman–Crippen LogP) is 0.532. The number of carbonyl (C=O) groups is 1. The average Bonchev–Trinajstić information content (AvgIpc) is 2.03. The van der Waals surface area contributed by atoms with Gasteiger partial charge in [-0.3, -0.25) is 20.9 Å². The van der Waals surface area contributed by atoms with Crippen LogP contribution in [0.4, 0.5) is 0 Å². The molecule has 0 saturated heterocycles. The lowest BCUT2D eigenvalue weighted by Crippen LogP contribution is -2.27. The molecule has 0 saturated carbocycles. The Balaban J connectivity index is 3.75. The first-order valence-electron chi connectivity index (χ1n) is 3.76. The predicted molar refractivity (Wildman–Crippen MR) is 43.1 cm³/mol. The minimum atomic E-state index is -0.356. The van der Waals surface area contributed by atoms with E-state index in [2.05, 4.69) is 4.74 Å². The number of rotatable bonds is 4. The maximum absolute atomic E-state index is 10.8. The quantitative estimate of drug-likeness (QED) is 0.251. The molecule has 5 heteroatoms. The van der Waals surface area contributed by atoms with Gasteiger partial charge in [-0.1, -0.05) is 6.92 Å². The lowest BCUT2D eigenvalue weighted by Gasteiger charge is -2.09. The van der Waals surface area contributed by atoms with Gasteiger partial charge >= 0.3 is 5.97 Å². The molecule has 70 valence electrons. The van der Waals surface area contributed by atoms with Gasteiger partial charge in [-0.2, -0.15) is 0 Å². The summed E-state index contributed by atoms with van der Waals surface area (Å²) in [6, 6.07) is 0. The van der Waals surface area contributed by atoms with E-state index in [1.165, 1.54) is 0 Å². The molecule has 1 unspecified atom stereocenters. The molecule has 0 amide bonds. The van der Waals surface area contributed by atoms with Crippen LogP contribution in [-0.2, 0) is 9.53 Å². The number of hydroxylamine groups is 1. The molecule has 0 radical (unpaired) electrons. The van der Waals surface area contributed by atoms with Gasteiger partial charge < -0.3 is 4.74 Å². The molecule has 0 spiro atoms. The Morgan fingerprint density at radius 1 is 1.75 bits per heavy atom. The number of hydrogen-bond donors (Lipinski definition) is 3. The van der Waals surface area contributed by atoms with Crippen LogP contribution in [0.2, 0.25) is 0 Å². The molecule has 0 rings (SSSR count). The summed E-state index contributed by atoms with van der Waals surface area (Å²) in [7, 11) is 0. The van der Waals surface area contributed by atoms with E-state index in [1.807, 2.05) is 0 Å². The van der Waals surface area contributed by atoms with E-state index >= 15 is 0 Å². The van der Waals surface area contributed by atoms with E-state index in [0.717, 1.165) is 0 Å². The highest BCUT2D eigenvalue weighted by Gasteiger charge is 2.13. The second kappa shape index (κ2) is 5.54. The zero-order valence-corrected chi connectivity index (χ0v) is 7.26. The van der Waals surface area contributed by atoms with Crippen molar-refractivity contribution in [2.45, 2.75) is 20.3 Å².